The molecule has 1 unspecified atom stereocenters. The molecule has 1 atom stereocenters. The molecule has 4 aromatic rings. The van der Waals surface area contributed by atoms with E-state index in [4.69, 9.17) is 16.6 Å². The quantitative estimate of drug-likeness (QED) is 0.282. The number of fused-ring (bicyclic) bond motifs is 1. The molecule has 0 radical (unpaired) electrons. The normalized spacial score (nSPS) is 14.8. The molecule has 0 aliphatic heterocycles. The van der Waals surface area contributed by atoms with Crippen molar-refractivity contribution in [2.75, 3.05) is 0 Å². The lowest BCUT2D eigenvalue weighted by atomic mass is 9.93. The zero-order valence-corrected chi connectivity index (χ0v) is 22.4. The highest BCUT2D eigenvalue weighted by atomic mass is 35.5. The Bertz CT molecular complexity index is 1410. The number of hydrogen-bond acceptors (Lipinski definition) is 3. The second-order valence-electron chi connectivity index (χ2n) is 10.0. The first-order chi connectivity index (χ1) is 18.5. The largest absolute Gasteiger partial charge is 0.342 e. The molecular formula is C31H33ClN4O2. The van der Waals surface area contributed by atoms with Crippen LogP contribution < -0.4 is 5.32 Å². The molecule has 1 aliphatic rings. The lowest BCUT2D eigenvalue weighted by molar-refractivity contribution is -0.135. The maximum atomic E-state index is 14.0. The molecule has 38 heavy (non-hydrogen) atoms. The topological polar surface area (TPSA) is 67.2 Å². The lowest BCUT2D eigenvalue weighted by Gasteiger charge is -2.35. The Hall–Kier alpha value is -3.64. The number of benzene rings is 3. The van der Waals surface area contributed by atoms with Gasteiger partial charge in [0.1, 0.15) is 12.4 Å². The molecule has 3 aromatic carbocycles. The maximum Gasteiger partial charge on any atom is 0.251 e. The molecule has 1 aliphatic carbocycles. The number of nitrogens with one attached hydrogen (secondary N) is 1. The van der Waals surface area contributed by atoms with E-state index in [1.807, 2.05) is 54.0 Å². The summed E-state index contributed by atoms with van der Waals surface area (Å²) in [5.41, 5.74) is 3.29. The minimum atomic E-state index is -0.418. The number of amides is 2. The van der Waals surface area contributed by atoms with E-state index in [9.17, 15) is 9.59 Å². The van der Waals surface area contributed by atoms with E-state index < -0.39 is 6.04 Å². The Kier molecular flexibility index (Phi) is 8.08. The van der Waals surface area contributed by atoms with Gasteiger partial charge in [-0.2, -0.15) is 0 Å². The van der Waals surface area contributed by atoms with Gasteiger partial charge < -0.3 is 14.8 Å². The SMILES string of the molecule is CC(NC(=O)c1cccc(Cl)c1)c1nc2ccccc2n1CC(=O)N(Cc1ccccc1)C1CCCCC1. The second-order valence-corrected chi connectivity index (χ2v) is 10.5. The number of halogens is 1. The van der Waals surface area contributed by atoms with E-state index in [0.29, 0.717) is 23.0 Å². The van der Waals surface area contributed by atoms with Crippen molar-refractivity contribution < 1.29 is 9.59 Å². The van der Waals surface area contributed by atoms with Crippen LogP contribution in [-0.2, 0) is 17.9 Å². The molecular weight excluding hydrogens is 496 g/mol. The number of carbonyl (C=O) groups is 2. The Labute approximate surface area is 228 Å². The third kappa shape index (κ3) is 5.91. The van der Waals surface area contributed by atoms with Crippen molar-refractivity contribution in [2.45, 2.75) is 64.2 Å². The Balaban J connectivity index is 1.43. The molecule has 1 aromatic heterocycles. The van der Waals surface area contributed by atoms with Crippen LogP contribution in [0.4, 0.5) is 0 Å². The van der Waals surface area contributed by atoms with Crippen LogP contribution in [0, 0.1) is 0 Å². The van der Waals surface area contributed by atoms with Gasteiger partial charge in [0.2, 0.25) is 5.91 Å². The highest BCUT2D eigenvalue weighted by Crippen LogP contribution is 2.26. The van der Waals surface area contributed by atoms with Crippen molar-refractivity contribution >= 4 is 34.4 Å². The van der Waals surface area contributed by atoms with Crippen LogP contribution in [0.5, 0.6) is 0 Å². The molecule has 7 heteroatoms. The third-order valence-corrected chi connectivity index (χ3v) is 7.57. The number of aromatic nitrogens is 2. The van der Waals surface area contributed by atoms with E-state index >= 15 is 0 Å². The predicted molar refractivity (Wildman–Crippen MR) is 151 cm³/mol. The smallest absolute Gasteiger partial charge is 0.251 e. The van der Waals surface area contributed by atoms with Gasteiger partial charge in [-0.1, -0.05) is 79.4 Å². The van der Waals surface area contributed by atoms with Crippen molar-refractivity contribution in [2.24, 2.45) is 0 Å². The van der Waals surface area contributed by atoms with Crippen LogP contribution >= 0.6 is 11.6 Å². The minimum absolute atomic E-state index is 0.0681. The summed E-state index contributed by atoms with van der Waals surface area (Å²) in [6.07, 6.45) is 5.58. The van der Waals surface area contributed by atoms with Gasteiger partial charge in [0.05, 0.1) is 17.1 Å². The van der Waals surface area contributed by atoms with Gasteiger partial charge in [-0.25, -0.2) is 4.98 Å². The number of nitrogens with zero attached hydrogens (tertiary/aromatic N) is 3. The van der Waals surface area contributed by atoms with E-state index in [0.717, 1.165) is 42.3 Å². The summed E-state index contributed by atoms with van der Waals surface area (Å²) in [6, 6.07) is 24.7. The molecule has 6 nitrogen and oxygen atoms in total. The number of carbonyl (C=O) groups excluding carboxylic acids is 2. The first-order valence-electron chi connectivity index (χ1n) is 13.3. The average molecular weight is 529 g/mol. The van der Waals surface area contributed by atoms with Crippen molar-refractivity contribution in [3.05, 3.63) is 101 Å². The van der Waals surface area contributed by atoms with Crippen molar-refractivity contribution in [3.8, 4) is 0 Å². The van der Waals surface area contributed by atoms with Crippen molar-refractivity contribution in [1.82, 2.24) is 19.8 Å². The summed E-state index contributed by atoms with van der Waals surface area (Å²) in [7, 11) is 0. The summed E-state index contributed by atoms with van der Waals surface area (Å²) in [6.45, 7) is 2.65. The van der Waals surface area contributed by atoms with Crippen LogP contribution in [-0.4, -0.2) is 32.3 Å². The minimum Gasteiger partial charge on any atom is -0.342 e. The first-order valence-corrected chi connectivity index (χ1v) is 13.7. The Morgan fingerprint density at radius 2 is 1.74 bits per heavy atom. The molecule has 1 N–H and O–H groups in total. The highest BCUT2D eigenvalue weighted by Gasteiger charge is 2.28. The molecule has 0 bridgehead atoms. The summed E-state index contributed by atoms with van der Waals surface area (Å²) in [5.74, 6) is 0.481. The fourth-order valence-corrected chi connectivity index (χ4v) is 5.58. The molecule has 196 valence electrons. The van der Waals surface area contributed by atoms with Crippen LogP contribution in [0.1, 0.15) is 66.8 Å². The lowest BCUT2D eigenvalue weighted by Crippen LogP contribution is -2.43. The van der Waals surface area contributed by atoms with Crippen LogP contribution in [0.25, 0.3) is 11.0 Å². The van der Waals surface area contributed by atoms with Gasteiger partial charge in [0.25, 0.3) is 5.91 Å². The van der Waals surface area contributed by atoms with Gasteiger partial charge in [0, 0.05) is 23.2 Å². The van der Waals surface area contributed by atoms with Crippen LogP contribution in [0.3, 0.4) is 0 Å². The second kappa shape index (κ2) is 11.8. The molecule has 1 fully saturated rings. The summed E-state index contributed by atoms with van der Waals surface area (Å²) < 4.78 is 1.96. The Morgan fingerprint density at radius 3 is 2.50 bits per heavy atom. The van der Waals surface area contributed by atoms with Gasteiger partial charge in [-0.05, 0) is 55.7 Å². The zero-order valence-electron chi connectivity index (χ0n) is 21.6. The van der Waals surface area contributed by atoms with E-state index in [2.05, 4.69) is 22.3 Å². The molecule has 1 saturated carbocycles. The fraction of sp³-hybridized carbons (Fsp3) is 0.323. The fourth-order valence-electron chi connectivity index (χ4n) is 5.38. The molecule has 0 spiro atoms. The van der Waals surface area contributed by atoms with Crippen molar-refractivity contribution in [1.29, 1.82) is 0 Å². The third-order valence-electron chi connectivity index (χ3n) is 7.33. The number of para-hydroxylation sites is 2. The van der Waals surface area contributed by atoms with Gasteiger partial charge in [-0.15, -0.1) is 0 Å². The first kappa shape index (κ1) is 26.0. The zero-order chi connectivity index (χ0) is 26.5. The van der Waals surface area contributed by atoms with E-state index in [-0.39, 0.29) is 24.4 Å². The Morgan fingerprint density at radius 1 is 1.00 bits per heavy atom. The van der Waals surface area contributed by atoms with Gasteiger partial charge >= 0.3 is 0 Å². The highest BCUT2D eigenvalue weighted by molar-refractivity contribution is 6.30. The van der Waals surface area contributed by atoms with Gasteiger partial charge in [-0.3, -0.25) is 9.59 Å². The van der Waals surface area contributed by atoms with Crippen molar-refractivity contribution in [3.63, 3.8) is 0 Å². The number of rotatable bonds is 8. The monoisotopic (exact) mass is 528 g/mol. The average Bonchev–Trinajstić information content (AvgIpc) is 3.31. The summed E-state index contributed by atoms with van der Waals surface area (Å²) >= 11 is 6.09. The predicted octanol–water partition coefficient (Wildman–Crippen LogP) is 6.54. The number of hydrogen-bond donors (Lipinski definition) is 1. The van der Waals surface area contributed by atoms with Gasteiger partial charge in [0.15, 0.2) is 0 Å². The maximum absolute atomic E-state index is 14.0. The van der Waals surface area contributed by atoms with Crippen LogP contribution in [0.15, 0.2) is 78.9 Å². The molecule has 5 rings (SSSR count). The molecule has 2 amide bonds. The van der Waals surface area contributed by atoms with E-state index in [1.54, 1.807) is 24.3 Å². The molecule has 1 heterocycles. The van der Waals surface area contributed by atoms with E-state index in [1.165, 1.54) is 6.42 Å². The summed E-state index contributed by atoms with van der Waals surface area (Å²) in [4.78, 5) is 33.8. The standard InChI is InChI=1S/C31H33ClN4O2/c1-22(33-31(38)24-13-10-14-25(32)19-24)30-34-27-17-8-9-18-28(27)36(30)21-29(37)35(26-15-6-3-7-16-26)20-23-11-4-2-5-12-23/h2,4-5,8-14,17-19,22,26H,3,6-7,15-16,20-21H2,1H3,(H,33,38). The molecule has 0 saturated heterocycles. The summed E-state index contributed by atoms with van der Waals surface area (Å²) in [5, 5.41) is 3.54. The van der Waals surface area contributed by atoms with Crippen LogP contribution in [0.2, 0.25) is 5.02 Å². The number of imidazole rings is 1.